The molecular formula is C20H16N2O2S. The molecule has 3 aromatic carbocycles. The molecule has 2 amide bonds. The number of carbonyl (C=O) groups excluding carboxylic acids is 2. The molecule has 0 aliphatic carbocycles. The molecule has 1 aliphatic rings. The average molecular weight is 348 g/mol. The fourth-order valence-corrected chi connectivity index (χ4v) is 3.76. The van der Waals surface area contributed by atoms with Gasteiger partial charge < -0.3 is 10.2 Å². The van der Waals surface area contributed by atoms with Gasteiger partial charge in [-0.25, -0.2) is 0 Å². The lowest BCUT2D eigenvalue weighted by Gasteiger charge is -2.29. The van der Waals surface area contributed by atoms with Crippen LogP contribution >= 0.6 is 11.8 Å². The minimum Gasteiger partial charge on any atom is -0.323 e. The van der Waals surface area contributed by atoms with Crippen molar-refractivity contribution in [2.45, 2.75) is 4.90 Å². The van der Waals surface area contributed by atoms with E-state index in [2.05, 4.69) is 29.6 Å². The van der Waals surface area contributed by atoms with Gasteiger partial charge in [0.1, 0.15) is 6.54 Å². The van der Waals surface area contributed by atoms with E-state index in [1.54, 1.807) is 4.90 Å². The number of hydrogen-bond donors (Lipinski definition) is 1. The highest BCUT2D eigenvalue weighted by molar-refractivity contribution is 8.00. The van der Waals surface area contributed by atoms with Gasteiger partial charge in [0.2, 0.25) is 11.8 Å². The van der Waals surface area contributed by atoms with Crippen molar-refractivity contribution in [3.05, 3.63) is 66.7 Å². The topological polar surface area (TPSA) is 49.4 Å². The number of nitrogens with zero attached hydrogens (tertiary/aromatic N) is 1. The van der Waals surface area contributed by atoms with Gasteiger partial charge in [0.15, 0.2) is 0 Å². The summed E-state index contributed by atoms with van der Waals surface area (Å²) in [6.07, 6.45) is 0. The van der Waals surface area contributed by atoms with Crippen molar-refractivity contribution >= 4 is 45.7 Å². The number of amides is 2. The van der Waals surface area contributed by atoms with Crippen molar-refractivity contribution in [2.75, 3.05) is 22.5 Å². The van der Waals surface area contributed by atoms with Gasteiger partial charge >= 0.3 is 0 Å². The Morgan fingerprint density at radius 2 is 1.76 bits per heavy atom. The minimum atomic E-state index is -0.164. The maximum absolute atomic E-state index is 12.7. The molecule has 0 aromatic heterocycles. The SMILES string of the molecule is O=C1CN(C(=O)CSc2ccc3ccccc3c2)c2ccccc2N1. The Balaban J connectivity index is 1.51. The standard InChI is InChI=1S/C20H16N2O2S/c23-19-12-22(18-8-4-3-7-17(18)21-19)20(24)13-25-16-10-9-14-5-1-2-6-15(14)11-16/h1-11H,12-13H2,(H,21,23). The second-order valence-corrected chi connectivity index (χ2v) is 6.89. The third-order valence-electron chi connectivity index (χ3n) is 4.15. The Labute approximate surface area is 149 Å². The zero-order chi connectivity index (χ0) is 17.2. The molecule has 0 radical (unpaired) electrons. The molecule has 0 atom stereocenters. The molecule has 5 heteroatoms. The zero-order valence-corrected chi connectivity index (χ0v) is 14.3. The van der Waals surface area contributed by atoms with Gasteiger partial charge in [0.25, 0.3) is 0 Å². The van der Waals surface area contributed by atoms with Gasteiger partial charge in [-0.3, -0.25) is 9.59 Å². The zero-order valence-electron chi connectivity index (χ0n) is 13.4. The molecule has 0 saturated heterocycles. The molecule has 0 bridgehead atoms. The van der Waals surface area contributed by atoms with Crippen molar-refractivity contribution in [2.24, 2.45) is 0 Å². The van der Waals surface area contributed by atoms with Crippen LogP contribution in [0.2, 0.25) is 0 Å². The number of anilines is 2. The molecule has 1 aliphatic heterocycles. The highest BCUT2D eigenvalue weighted by atomic mass is 32.2. The first kappa shape index (κ1) is 15.7. The molecule has 4 nitrogen and oxygen atoms in total. The van der Waals surface area contributed by atoms with Crippen LogP contribution in [-0.2, 0) is 9.59 Å². The quantitative estimate of drug-likeness (QED) is 0.730. The summed E-state index contributed by atoms with van der Waals surface area (Å²) >= 11 is 1.49. The Kier molecular flexibility index (Phi) is 4.15. The van der Waals surface area contributed by atoms with Crippen LogP contribution in [0.1, 0.15) is 0 Å². The number of benzene rings is 3. The lowest BCUT2D eigenvalue weighted by molar-refractivity contribution is -0.120. The highest BCUT2D eigenvalue weighted by Gasteiger charge is 2.26. The van der Waals surface area contributed by atoms with Gasteiger partial charge in [-0.05, 0) is 35.0 Å². The molecule has 1 N–H and O–H groups in total. The van der Waals surface area contributed by atoms with Crippen LogP contribution in [0.5, 0.6) is 0 Å². The predicted octanol–water partition coefficient (Wildman–Crippen LogP) is 3.92. The summed E-state index contributed by atoms with van der Waals surface area (Å²) in [5.74, 6) is 0.0585. The van der Waals surface area contributed by atoms with E-state index in [4.69, 9.17) is 0 Å². The van der Waals surface area contributed by atoms with Crippen LogP contribution in [0.4, 0.5) is 11.4 Å². The molecule has 25 heavy (non-hydrogen) atoms. The molecule has 0 saturated carbocycles. The van der Waals surface area contributed by atoms with Gasteiger partial charge in [-0.15, -0.1) is 11.8 Å². The normalized spacial score (nSPS) is 13.4. The average Bonchev–Trinajstić information content (AvgIpc) is 2.65. The van der Waals surface area contributed by atoms with Crippen LogP contribution in [0.25, 0.3) is 10.8 Å². The van der Waals surface area contributed by atoms with E-state index in [1.165, 1.54) is 17.1 Å². The van der Waals surface area contributed by atoms with Crippen molar-refractivity contribution in [1.82, 2.24) is 0 Å². The van der Waals surface area contributed by atoms with Crippen LogP contribution in [0.3, 0.4) is 0 Å². The summed E-state index contributed by atoms with van der Waals surface area (Å²) in [6.45, 7) is 0.0636. The van der Waals surface area contributed by atoms with Gasteiger partial charge in [-0.1, -0.05) is 42.5 Å². The Morgan fingerprint density at radius 3 is 2.64 bits per heavy atom. The largest absolute Gasteiger partial charge is 0.323 e. The first-order chi connectivity index (χ1) is 12.2. The second-order valence-electron chi connectivity index (χ2n) is 5.84. The summed E-state index contributed by atoms with van der Waals surface area (Å²) < 4.78 is 0. The number of fused-ring (bicyclic) bond motifs is 2. The lowest BCUT2D eigenvalue weighted by Crippen LogP contribution is -2.43. The van der Waals surface area contributed by atoms with Gasteiger partial charge in [-0.2, -0.15) is 0 Å². The van der Waals surface area contributed by atoms with Crippen LogP contribution in [0, 0.1) is 0 Å². The molecule has 0 fully saturated rings. The first-order valence-corrected chi connectivity index (χ1v) is 9.00. The van der Waals surface area contributed by atoms with Crippen LogP contribution in [0.15, 0.2) is 71.6 Å². The number of para-hydroxylation sites is 2. The summed E-state index contributed by atoms with van der Waals surface area (Å²) in [5, 5.41) is 5.13. The van der Waals surface area contributed by atoms with Crippen LogP contribution < -0.4 is 10.2 Å². The second kappa shape index (κ2) is 6.61. The van der Waals surface area contributed by atoms with Crippen molar-refractivity contribution in [1.29, 1.82) is 0 Å². The summed E-state index contributed by atoms with van der Waals surface area (Å²) in [5.41, 5.74) is 1.44. The third kappa shape index (κ3) is 3.23. The molecular weight excluding hydrogens is 332 g/mol. The fraction of sp³-hybridized carbons (Fsp3) is 0.100. The molecule has 0 unspecified atom stereocenters. The number of hydrogen-bond acceptors (Lipinski definition) is 3. The predicted molar refractivity (Wildman–Crippen MR) is 102 cm³/mol. The van der Waals surface area contributed by atoms with Crippen molar-refractivity contribution in [3.63, 3.8) is 0 Å². The van der Waals surface area contributed by atoms with Crippen molar-refractivity contribution < 1.29 is 9.59 Å². The number of nitrogens with one attached hydrogen (secondary N) is 1. The maximum Gasteiger partial charge on any atom is 0.244 e. The van der Waals surface area contributed by atoms with E-state index in [0.717, 1.165) is 16.0 Å². The smallest absolute Gasteiger partial charge is 0.244 e. The first-order valence-electron chi connectivity index (χ1n) is 8.01. The number of thioether (sulfide) groups is 1. The highest BCUT2D eigenvalue weighted by Crippen LogP contribution is 2.30. The third-order valence-corrected chi connectivity index (χ3v) is 5.13. The van der Waals surface area contributed by atoms with E-state index in [1.807, 2.05) is 42.5 Å². The van der Waals surface area contributed by atoms with E-state index in [9.17, 15) is 9.59 Å². The maximum atomic E-state index is 12.7. The lowest BCUT2D eigenvalue weighted by atomic mass is 10.1. The summed E-state index contributed by atoms with van der Waals surface area (Å²) in [7, 11) is 0. The van der Waals surface area contributed by atoms with E-state index in [-0.39, 0.29) is 18.4 Å². The Morgan fingerprint density at radius 1 is 1.00 bits per heavy atom. The number of carbonyl (C=O) groups is 2. The molecule has 4 rings (SSSR count). The van der Waals surface area contributed by atoms with Crippen LogP contribution in [-0.4, -0.2) is 24.1 Å². The van der Waals surface area contributed by atoms with Crippen molar-refractivity contribution in [3.8, 4) is 0 Å². The molecule has 124 valence electrons. The molecule has 0 spiro atoms. The monoisotopic (exact) mass is 348 g/mol. The van der Waals surface area contributed by atoms with E-state index >= 15 is 0 Å². The van der Waals surface area contributed by atoms with Gasteiger partial charge in [0.05, 0.1) is 17.1 Å². The Hall–Kier alpha value is -2.79. The molecule has 1 heterocycles. The fourth-order valence-electron chi connectivity index (χ4n) is 2.94. The van der Waals surface area contributed by atoms with E-state index in [0.29, 0.717) is 11.4 Å². The van der Waals surface area contributed by atoms with Gasteiger partial charge in [0, 0.05) is 4.90 Å². The Bertz CT molecular complexity index is 971. The molecule has 3 aromatic rings. The minimum absolute atomic E-state index is 0.0636. The number of rotatable bonds is 3. The summed E-state index contributed by atoms with van der Waals surface area (Å²) in [6, 6.07) is 21.7. The van der Waals surface area contributed by atoms with E-state index < -0.39 is 0 Å². The summed E-state index contributed by atoms with van der Waals surface area (Å²) in [4.78, 5) is 27.1.